The second kappa shape index (κ2) is 23.7. The van der Waals surface area contributed by atoms with Gasteiger partial charge in [0.2, 0.25) is 11.8 Å². The SMILES string of the molecule is CC1(C)OB(Cc2ccccc2)OC1(C)C.CCCN(CCC)C(=O)C1=Cc2sc(Br)cc2N=C(N)C1.CCCN(CCC)C(=O)C1=Cc2sc(Cc3ccccc3)cc2N=C(N)C1. The fourth-order valence-electron chi connectivity index (χ4n) is 7.52. The Morgan fingerprint density at radius 1 is 0.672 bits per heavy atom. The molecule has 2 aromatic carbocycles. The van der Waals surface area contributed by atoms with Crippen molar-refractivity contribution < 1.29 is 18.9 Å². The van der Waals surface area contributed by atoms with Gasteiger partial charge in [-0.3, -0.25) is 9.59 Å². The lowest BCUT2D eigenvalue weighted by Crippen LogP contribution is -2.41. The van der Waals surface area contributed by atoms with Crippen LogP contribution in [0, 0.1) is 0 Å². The van der Waals surface area contributed by atoms with Gasteiger partial charge in [-0.25, -0.2) is 9.98 Å². The lowest BCUT2D eigenvalue weighted by atomic mass is 9.81. The number of benzene rings is 2. The number of amidine groups is 2. The molecule has 0 bridgehead atoms. The van der Waals surface area contributed by atoms with Crippen molar-refractivity contribution in [2.24, 2.45) is 21.5 Å². The predicted octanol–water partition coefficient (Wildman–Crippen LogP) is 11.6. The molecule has 0 saturated carbocycles. The van der Waals surface area contributed by atoms with E-state index in [1.807, 2.05) is 52.3 Å². The Labute approximate surface area is 398 Å². The van der Waals surface area contributed by atoms with Gasteiger partial charge < -0.3 is 30.6 Å². The molecule has 64 heavy (non-hydrogen) atoms. The van der Waals surface area contributed by atoms with Crippen molar-refractivity contribution in [3.05, 3.63) is 113 Å². The van der Waals surface area contributed by atoms with E-state index in [1.54, 1.807) is 22.7 Å². The number of carbonyl (C=O) groups excluding carboxylic acids is 2. The smallest absolute Gasteiger partial charge is 0.403 e. The van der Waals surface area contributed by atoms with Gasteiger partial charge in [0.05, 0.1) is 36.1 Å². The highest BCUT2D eigenvalue weighted by atomic mass is 79.9. The first-order chi connectivity index (χ1) is 30.6. The van der Waals surface area contributed by atoms with Crippen LogP contribution < -0.4 is 11.5 Å². The summed E-state index contributed by atoms with van der Waals surface area (Å²) in [5.74, 6) is 1.16. The summed E-state index contributed by atoms with van der Waals surface area (Å²) in [5, 5.41) is 0. The van der Waals surface area contributed by atoms with Crippen LogP contribution in [0.25, 0.3) is 12.2 Å². The fraction of sp³-hybridized carbons (Fsp3) is 0.440. The van der Waals surface area contributed by atoms with Gasteiger partial charge in [0, 0.05) is 67.8 Å². The van der Waals surface area contributed by atoms with Crippen molar-refractivity contribution in [1.29, 1.82) is 0 Å². The largest absolute Gasteiger partial charge is 0.462 e. The van der Waals surface area contributed by atoms with Crippen LogP contribution in [0.3, 0.4) is 0 Å². The molecule has 1 fully saturated rings. The number of hydrogen-bond donors (Lipinski definition) is 2. The van der Waals surface area contributed by atoms with E-state index in [0.717, 1.165) is 101 Å². The number of hydrogen-bond acceptors (Lipinski definition) is 10. The minimum atomic E-state index is -0.230. The number of nitrogens with zero attached hydrogens (tertiary/aromatic N) is 4. The van der Waals surface area contributed by atoms with Crippen molar-refractivity contribution in [3.63, 3.8) is 0 Å². The average molecular weight is 970 g/mol. The number of nitrogens with two attached hydrogens (primary N) is 2. The van der Waals surface area contributed by atoms with Gasteiger partial charge in [0.15, 0.2) is 0 Å². The van der Waals surface area contributed by atoms with Gasteiger partial charge in [0.25, 0.3) is 0 Å². The molecule has 0 radical (unpaired) electrons. The second-order valence-corrected chi connectivity index (χ2v) is 20.9. The van der Waals surface area contributed by atoms with E-state index in [4.69, 9.17) is 20.8 Å². The van der Waals surface area contributed by atoms with E-state index in [1.165, 1.54) is 16.0 Å². The Balaban J connectivity index is 0.000000187. The maximum Gasteiger partial charge on any atom is 0.462 e. The molecule has 342 valence electrons. The molecule has 3 aliphatic heterocycles. The van der Waals surface area contributed by atoms with Crippen molar-refractivity contribution in [2.75, 3.05) is 26.2 Å². The van der Waals surface area contributed by atoms with Crippen molar-refractivity contribution in [3.8, 4) is 0 Å². The number of aliphatic imine (C=N–C) groups is 2. The summed E-state index contributed by atoms with van der Waals surface area (Å²) in [6, 6.07) is 24.7. The lowest BCUT2D eigenvalue weighted by molar-refractivity contribution is -0.128. The van der Waals surface area contributed by atoms with Gasteiger partial charge in [-0.05, 0) is 99.2 Å². The van der Waals surface area contributed by atoms with E-state index < -0.39 is 0 Å². The zero-order chi connectivity index (χ0) is 46.4. The molecular formula is C50H66BBrN6O4S2. The maximum absolute atomic E-state index is 13.0. The van der Waals surface area contributed by atoms with Crippen LogP contribution in [-0.2, 0) is 31.6 Å². The Hall–Kier alpha value is -4.34. The van der Waals surface area contributed by atoms with E-state index in [2.05, 4.69) is 124 Å². The zero-order valence-corrected chi connectivity index (χ0v) is 42.1. The third kappa shape index (κ3) is 14.1. The van der Waals surface area contributed by atoms with E-state index in [9.17, 15) is 9.59 Å². The van der Waals surface area contributed by atoms with E-state index in [-0.39, 0.29) is 30.1 Å². The van der Waals surface area contributed by atoms with E-state index in [0.29, 0.717) is 24.5 Å². The standard InChI is InChI=1S/C22H27N3OS.C15H20BrN3OS.C13H19BO2/c1-3-10-25(11-4-2)22(26)17-13-20-19(24-21(23)14-17)15-18(27-20)12-16-8-6-5-7-9-16;1-3-5-19(6-4-2)15(20)10-7-12-11(9-13(16)21-12)18-14(17)8-10;1-12(2)13(3,4)16-14(15-12)10-11-8-6-5-7-9-11/h5-9,13,15H,3-4,10-12,14H2,1-2H3,(H2,23,24);7,9H,3-6,8H2,1-2H3,(H2,17,18);5-9H,10H2,1-4H3. The molecule has 2 amide bonds. The average Bonchev–Trinajstić information content (AvgIpc) is 3.77. The van der Waals surface area contributed by atoms with Crippen LogP contribution >= 0.6 is 38.6 Å². The minimum Gasteiger partial charge on any atom is -0.403 e. The summed E-state index contributed by atoms with van der Waals surface area (Å²) >= 11 is 6.72. The number of carbonyl (C=O) groups is 2. The number of rotatable bonds is 14. The molecule has 0 unspecified atom stereocenters. The topological polar surface area (TPSA) is 136 Å². The van der Waals surface area contributed by atoms with Crippen molar-refractivity contribution in [2.45, 2.75) is 118 Å². The molecular weight excluding hydrogens is 903 g/mol. The highest BCUT2D eigenvalue weighted by Gasteiger charge is 2.50. The molecule has 0 atom stereocenters. The van der Waals surface area contributed by atoms with Crippen LogP contribution in [-0.4, -0.2) is 77.8 Å². The zero-order valence-electron chi connectivity index (χ0n) is 38.9. The second-order valence-electron chi connectivity index (χ2n) is 17.3. The maximum atomic E-state index is 13.0. The van der Waals surface area contributed by atoms with Crippen LogP contribution in [0.4, 0.5) is 11.4 Å². The fourth-order valence-corrected chi connectivity index (χ4v) is 10.2. The molecule has 4 N–H and O–H groups in total. The number of halogens is 1. The molecule has 10 nitrogen and oxygen atoms in total. The first kappa shape index (κ1) is 50.7. The Morgan fingerprint density at radius 2 is 1.09 bits per heavy atom. The Bertz CT molecular complexity index is 2280. The highest BCUT2D eigenvalue weighted by molar-refractivity contribution is 9.11. The first-order valence-corrected chi connectivity index (χ1v) is 25.0. The monoisotopic (exact) mass is 968 g/mol. The van der Waals surface area contributed by atoms with Gasteiger partial charge in [-0.2, -0.15) is 0 Å². The molecule has 0 spiro atoms. The summed E-state index contributed by atoms with van der Waals surface area (Å²) < 4.78 is 12.9. The summed E-state index contributed by atoms with van der Waals surface area (Å²) in [4.78, 5) is 41.8. The summed E-state index contributed by atoms with van der Waals surface area (Å²) in [6.07, 6.45) is 10.3. The third-order valence-electron chi connectivity index (χ3n) is 11.2. The van der Waals surface area contributed by atoms with Crippen molar-refractivity contribution >= 4 is 92.7 Å². The number of amides is 2. The Morgan fingerprint density at radius 3 is 1.55 bits per heavy atom. The van der Waals surface area contributed by atoms with Crippen LogP contribution in [0.5, 0.6) is 0 Å². The summed E-state index contributed by atoms with van der Waals surface area (Å²) in [7, 11) is -0.132. The van der Waals surface area contributed by atoms with Crippen LogP contribution in [0.1, 0.15) is 120 Å². The minimum absolute atomic E-state index is 0.0780. The molecule has 14 heteroatoms. The molecule has 4 aromatic rings. The third-order valence-corrected chi connectivity index (χ3v) is 13.9. The van der Waals surface area contributed by atoms with Crippen LogP contribution in [0.15, 0.2) is 97.7 Å². The van der Waals surface area contributed by atoms with Gasteiger partial charge in [-0.1, -0.05) is 93.9 Å². The number of thiophene rings is 2. The molecule has 1 saturated heterocycles. The molecule has 0 aliphatic carbocycles. The first-order valence-electron chi connectivity index (χ1n) is 22.6. The highest BCUT2D eigenvalue weighted by Crippen LogP contribution is 2.39. The van der Waals surface area contributed by atoms with Gasteiger partial charge in [0.1, 0.15) is 11.7 Å². The molecule has 2 aromatic heterocycles. The van der Waals surface area contributed by atoms with E-state index >= 15 is 0 Å². The predicted molar refractivity (Wildman–Crippen MR) is 274 cm³/mol. The van der Waals surface area contributed by atoms with Gasteiger partial charge in [-0.15, -0.1) is 22.7 Å². The lowest BCUT2D eigenvalue weighted by Gasteiger charge is -2.32. The molecule has 5 heterocycles. The van der Waals surface area contributed by atoms with Gasteiger partial charge >= 0.3 is 7.12 Å². The van der Waals surface area contributed by atoms with Crippen LogP contribution in [0.2, 0.25) is 0 Å². The quantitative estimate of drug-likeness (QED) is 0.121. The molecule has 7 rings (SSSR count). The normalized spacial score (nSPS) is 15.9. The Kier molecular flexibility index (Phi) is 18.8. The number of fused-ring (bicyclic) bond motifs is 2. The summed E-state index contributed by atoms with van der Waals surface area (Å²) in [5.41, 5.74) is 17.3. The van der Waals surface area contributed by atoms with Crippen molar-refractivity contribution in [1.82, 2.24) is 9.80 Å². The molecule has 3 aliphatic rings. The summed E-state index contributed by atoms with van der Waals surface area (Å²) in [6.45, 7) is 19.8.